The lowest BCUT2D eigenvalue weighted by molar-refractivity contribution is -0.0145. The van der Waals surface area contributed by atoms with Crippen molar-refractivity contribution in [1.29, 1.82) is 0 Å². The highest BCUT2D eigenvalue weighted by molar-refractivity contribution is 5.64. The van der Waals surface area contributed by atoms with Crippen LogP contribution in [0.3, 0.4) is 0 Å². The third-order valence-corrected chi connectivity index (χ3v) is 2.82. The Morgan fingerprint density at radius 2 is 1.95 bits per heavy atom. The molecule has 1 aromatic rings. The molecule has 0 aromatic carbocycles. The Labute approximate surface area is 114 Å². The normalized spacial score (nSPS) is 18.5. The predicted molar refractivity (Wildman–Crippen MR) is 69.8 cm³/mol. The summed E-state index contributed by atoms with van der Waals surface area (Å²) in [5, 5.41) is 2.92. The molecule has 110 valence electrons. The molecule has 1 heterocycles. The van der Waals surface area contributed by atoms with Crippen molar-refractivity contribution in [1.82, 2.24) is 15.0 Å². The van der Waals surface area contributed by atoms with Gasteiger partial charge < -0.3 is 11.1 Å². The fourth-order valence-corrected chi connectivity index (χ4v) is 1.95. The average molecular weight is 287 g/mol. The maximum absolute atomic E-state index is 13.8. The Bertz CT molecular complexity index is 542. The summed E-state index contributed by atoms with van der Waals surface area (Å²) in [5.41, 5.74) is 5.63. The Kier molecular flexibility index (Phi) is 3.82. The molecule has 5 nitrogen and oxygen atoms in total. The molecule has 0 saturated heterocycles. The Hall–Kier alpha value is -1.86. The largest absolute Gasteiger partial charge is 0.368 e. The van der Waals surface area contributed by atoms with Gasteiger partial charge in [-0.3, -0.25) is 0 Å². The maximum atomic E-state index is 13.8. The first-order chi connectivity index (χ1) is 9.27. The van der Waals surface area contributed by atoms with Crippen LogP contribution in [0.4, 0.5) is 25.1 Å². The molecule has 2 rings (SSSR count). The number of allylic oxidation sites excluding steroid dienone is 2. The molecule has 0 aliphatic heterocycles. The molecule has 1 aliphatic carbocycles. The third-order valence-electron chi connectivity index (χ3n) is 2.82. The van der Waals surface area contributed by atoms with E-state index in [1.165, 1.54) is 0 Å². The summed E-state index contributed by atoms with van der Waals surface area (Å²) in [6, 6.07) is 0.0548. The molecule has 0 spiro atoms. The molecule has 0 amide bonds. The van der Waals surface area contributed by atoms with E-state index in [1.807, 2.05) is 13.8 Å². The van der Waals surface area contributed by atoms with Gasteiger partial charge in [-0.05, 0) is 20.3 Å². The molecule has 3 N–H and O–H groups in total. The Morgan fingerprint density at radius 3 is 2.55 bits per heavy atom. The molecule has 8 heteroatoms. The topological polar surface area (TPSA) is 76.7 Å². The number of nitrogens with one attached hydrogen (secondary N) is 1. The van der Waals surface area contributed by atoms with Crippen LogP contribution in [0.15, 0.2) is 5.83 Å². The number of hydrogen-bond donors (Lipinski definition) is 2. The lowest BCUT2D eigenvalue weighted by atomic mass is 9.95. The lowest BCUT2D eigenvalue weighted by Crippen LogP contribution is -2.22. The molecule has 0 unspecified atom stereocenters. The molecular weight excluding hydrogens is 271 g/mol. The van der Waals surface area contributed by atoms with Crippen LogP contribution < -0.4 is 11.1 Å². The van der Waals surface area contributed by atoms with Gasteiger partial charge in [-0.25, -0.2) is 13.2 Å². The third kappa shape index (κ3) is 3.37. The van der Waals surface area contributed by atoms with E-state index in [1.54, 1.807) is 0 Å². The number of aromatic nitrogens is 3. The van der Waals surface area contributed by atoms with Crippen molar-refractivity contribution < 1.29 is 13.2 Å². The van der Waals surface area contributed by atoms with E-state index in [9.17, 15) is 13.2 Å². The van der Waals surface area contributed by atoms with Crippen molar-refractivity contribution in [2.24, 2.45) is 0 Å². The first kappa shape index (κ1) is 14.5. The van der Waals surface area contributed by atoms with Crippen LogP contribution in [0.2, 0.25) is 0 Å². The van der Waals surface area contributed by atoms with Gasteiger partial charge in [0.15, 0.2) is 5.82 Å². The van der Waals surface area contributed by atoms with E-state index in [0.717, 1.165) is 0 Å². The summed E-state index contributed by atoms with van der Waals surface area (Å²) < 4.78 is 40.0. The molecule has 20 heavy (non-hydrogen) atoms. The van der Waals surface area contributed by atoms with Crippen molar-refractivity contribution in [2.75, 3.05) is 11.1 Å². The maximum Gasteiger partial charge on any atom is 0.254 e. The number of nitrogens with zero attached hydrogens (tertiary/aromatic N) is 3. The van der Waals surface area contributed by atoms with E-state index in [-0.39, 0.29) is 35.8 Å². The van der Waals surface area contributed by atoms with Crippen LogP contribution >= 0.6 is 0 Å². The number of nitrogens with two attached hydrogens (primary N) is 1. The van der Waals surface area contributed by atoms with Gasteiger partial charge in [-0.1, -0.05) is 0 Å². The molecule has 0 saturated carbocycles. The molecule has 0 bridgehead atoms. The van der Waals surface area contributed by atoms with Gasteiger partial charge in [0.05, 0.1) is 6.42 Å². The minimum absolute atomic E-state index is 0.0219. The van der Waals surface area contributed by atoms with Crippen LogP contribution in [0, 0.1) is 0 Å². The molecule has 1 aliphatic rings. The smallest absolute Gasteiger partial charge is 0.254 e. The van der Waals surface area contributed by atoms with Gasteiger partial charge in [0.25, 0.3) is 5.92 Å². The minimum atomic E-state index is -3.01. The summed E-state index contributed by atoms with van der Waals surface area (Å²) in [5.74, 6) is -3.74. The quantitative estimate of drug-likeness (QED) is 0.894. The molecule has 0 fully saturated rings. The highest BCUT2D eigenvalue weighted by Gasteiger charge is 2.37. The van der Waals surface area contributed by atoms with Gasteiger partial charge in [0.1, 0.15) is 5.83 Å². The minimum Gasteiger partial charge on any atom is -0.368 e. The second-order valence-corrected chi connectivity index (χ2v) is 5.06. The zero-order chi connectivity index (χ0) is 14.9. The van der Waals surface area contributed by atoms with Crippen molar-refractivity contribution in [3.63, 3.8) is 0 Å². The van der Waals surface area contributed by atoms with Gasteiger partial charge in [0.2, 0.25) is 11.9 Å². The summed E-state index contributed by atoms with van der Waals surface area (Å²) in [6.45, 7) is 3.75. The van der Waals surface area contributed by atoms with Crippen molar-refractivity contribution in [3.8, 4) is 0 Å². The van der Waals surface area contributed by atoms with Crippen LogP contribution in [0.1, 0.15) is 38.9 Å². The van der Waals surface area contributed by atoms with E-state index in [0.29, 0.717) is 0 Å². The van der Waals surface area contributed by atoms with Crippen molar-refractivity contribution in [2.45, 2.75) is 45.1 Å². The standard InChI is InChI=1S/C12H16F3N5/c1-6(2)17-11-19-9(18-10(16)20-11)7-3-4-12(14,15)5-8(7)13/h6H,3-5H2,1-2H3,(H3,16,17,18,19,20). The number of hydrogen-bond acceptors (Lipinski definition) is 5. The zero-order valence-electron chi connectivity index (χ0n) is 11.3. The van der Waals surface area contributed by atoms with Crippen LogP contribution in [-0.2, 0) is 0 Å². The highest BCUT2D eigenvalue weighted by atomic mass is 19.3. The number of nitrogen functional groups attached to an aromatic ring is 1. The van der Waals surface area contributed by atoms with Crippen molar-refractivity contribution >= 4 is 17.5 Å². The Balaban J connectivity index is 2.35. The van der Waals surface area contributed by atoms with Crippen LogP contribution in [0.25, 0.3) is 5.57 Å². The second-order valence-electron chi connectivity index (χ2n) is 5.06. The predicted octanol–water partition coefficient (Wildman–Crippen LogP) is 2.77. The number of anilines is 2. The lowest BCUT2D eigenvalue weighted by Gasteiger charge is -2.22. The number of rotatable bonds is 3. The van der Waals surface area contributed by atoms with Crippen molar-refractivity contribution in [3.05, 3.63) is 11.7 Å². The number of alkyl halides is 2. The van der Waals surface area contributed by atoms with Crippen LogP contribution in [0.5, 0.6) is 0 Å². The van der Waals surface area contributed by atoms with Gasteiger partial charge in [-0.15, -0.1) is 0 Å². The molecule has 0 atom stereocenters. The summed E-state index contributed by atoms with van der Waals surface area (Å²) in [4.78, 5) is 11.7. The second kappa shape index (κ2) is 5.26. The fourth-order valence-electron chi connectivity index (χ4n) is 1.95. The van der Waals surface area contributed by atoms with Gasteiger partial charge >= 0.3 is 0 Å². The van der Waals surface area contributed by atoms with Crippen LogP contribution in [-0.4, -0.2) is 26.9 Å². The summed E-state index contributed by atoms with van der Waals surface area (Å²) in [6.07, 6.45) is -1.46. The Morgan fingerprint density at radius 1 is 1.25 bits per heavy atom. The first-order valence-corrected chi connectivity index (χ1v) is 6.30. The highest BCUT2D eigenvalue weighted by Crippen LogP contribution is 2.40. The van der Waals surface area contributed by atoms with E-state index < -0.39 is 24.6 Å². The van der Waals surface area contributed by atoms with E-state index in [2.05, 4.69) is 20.3 Å². The fraction of sp³-hybridized carbons (Fsp3) is 0.583. The number of halogens is 3. The monoisotopic (exact) mass is 287 g/mol. The first-order valence-electron chi connectivity index (χ1n) is 6.30. The zero-order valence-corrected chi connectivity index (χ0v) is 11.3. The SMILES string of the molecule is CC(C)Nc1nc(N)nc(C2=C(F)CC(F)(F)CC2)n1. The summed E-state index contributed by atoms with van der Waals surface area (Å²) >= 11 is 0. The van der Waals surface area contributed by atoms with Gasteiger partial charge in [0, 0.05) is 18.0 Å². The molecule has 0 radical (unpaired) electrons. The van der Waals surface area contributed by atoms with E-state index in [4.69, 9.17) is 5.73 Å². The average Bonchev–Trinajstić information content (AvgIpc) is 2.25. The van der Waals surface area contributed by atoms with Gasteiger partial charge in [-0.2, -0.15) is 15.0 Å². The molecular formula is C12H16F3N5. The van der Waals surface area contributed by atoms with E-state index >= 15 is 0 Å². The molecule has 1 aromatic heterocycles. The summed E-state index contributed by atoms with van der Waals surface area (Å²) in [7, 11) is 0.